The van der Waals surface area contributed by atoms with E-state index >= 15 is 8.78 Å². The monoisotopic (exact) mass is 534 g/mol. The highest BCUT2D eigenvalue weighted by Crippen LogP contribution is 2.54. The normalized spacial score (nSPS) is 24.3. The van der Waals surface area contributed by atoms with Crippen molar-refractivity contribution in [2.45, 2.75) is 36.9 Å². The number of halogens is 5. The van der Waals surface area contributed by atoms with Crippen LogP contribution in [0, 0.1) is 23.0 Å². The summed E-state index contributed by atoms with van der Waals surface area (Å²) in [5.74, 6) is -4.25. The van der Waals surface area contributed by atoms with E-state index in [9.17, 15) is 15.2 Å². The van der Waals surface area contributed by atoms with Crippen molar-refractivity contribution in [3.8, 4) is 6.07 Å². The van der Waals surface area contributed by atoms with Crippen molar-refractivity contribution in [1.29, 1.82) is 5.26 Å². The van der Waals surface area contributed by atoms with Gasteiger partial charge in [-0.2, -0.15) is 5.26 Å². The fourth-order valence-electron chi connectivity index (χ4n) is 5.16. The Balaban J connectivity index is 2.03. The Kier molecular flexibility index (Phi) is 7.08. The molecule has 4 rings (SSSR count). The molecule has 0 aromatic heterocycles. The highest BCUT2D eigenvalue weighted by Gasteiger charge is 2.63. The Hall–Kier alpha value is -2.69. The molecule has 1 aliphatic heterocycles. The first kappa shape index (κ1) is 25.4. The standard InChI is InChI=1S/C26H19Cl3F2N2O2/c1-14-26(13-32,18-10-9-16(27)11-21(18)30)22(17-6-4-8-20(29)23(17)31)24(25(34)35)33(14)12-15-5-2-3-7-19(15)28/h2-11,14,22,24H,12H2,1H3,(H,34,35)/t14?,22-,24+,26+/m0/s1. The molecule has 1 unspecified atom stereocenters. The second kappa shape index (κ2) is 9.75. The van der Waals surface area contributed by atoms with Crippen LogP contribution in [0.1, 0.15) is 29.5 Å². The lowest BCUT2D eigenvalue weighted by atomic mass is 9.65. The largest absolute Gasteiger partial charge is 0.480 e. The summed E-state index contributed by atoms with van der Waals surface area (Å²) in [5, 5.41) is 21.3. The predicted octanol–water partition coefficient (Wildman–Crippen LogP) is 6.83. The van der Waals surface area contributed by atoms with E-state index in [1.807, 2.05) is 0 Å². The number of likely N-dealkylation sites (tertiary alicyclic amines) is 1. The summed E-state index contributed by atoms with van der Waals surface area (Å²) in [6.45, 7) is 1.67. The van der Waals surface area contributed by atoms with Gasteiger partial charge in [0, 0.05) is 34.1 Å². The molecule has 9 heteroatoms. The van der Waals surface area contributed by atoms with Crippen molar-refractivity contribution in [3.63, 3.8) is 0 Å². The summed E-state index contributed by atoms with van der Waals surface area (Å²) < 4.78 is 30.8. The number of nitriles is 1. The van der Waals surface area contributed by atoms with Crippen LogP contribution in [0.15, 0.2) is 60.7 Å². The van der Waals surface area contributed by atoms with Crippen LogP contribution in [-0.2, 0) is 16.8 Å². The van der Waals surface area contributed by atoms with Gasteiger partial charge in [-0.3, -0.25) is 9.69 Å². The second-order valence-corrected chi connectivity index (χ2v) is 9.70. The summed E-state index contributed by atoms with van der Waals surface area (Å²) in [4.78, 5) is 14.3. The molecular formula is C26H19Cl3F2N2O2. The Bertz CT molecular complexity index is 1350. The Morgan fingerprint density at radius 3 is 2.40 bits per heavy atom. The number of carboxylic acid groups (broad SMARTS) is 1. The second-order valence-electron chi connectivity index (χ2n) is 8.45. The minimum absolute atomic E-state index is 0.0368. The van der Waals surface area contributed by atoms with E-state index < -0.39 is 41.0 Å². The molecule has 1 aliphatic rings. The summed E-state index contributed by atoms with van der Waals surface area (Å²) in [7, 11) is 0. The number of benzene rings is 3. The van der Waals surface area contributed by atoms with Crippen LogP contribution in [0.25, 0.3) is 0 Å². The minimum atomic E-state index is -1.80. The lowest BCUT2D eigenvalue weighted by Crippen LogP contribution is -2.42. The molecule has 4 atom stereocenters. The van der Waals surface area contributed by atoms with Crippen molar-refractivity contribution in [3.05, 3.63) is 104 Å². The molecule has 0 aliphatic carbocycles. The van der Waals surface area contributed by atoms with E-state index in [1.165, 1.54) is 30.3 Å². The van der Waals surface area contributed by atoms with Crippen molar-refractivity contribution < 1.29 is 18.7 Å². The van der Waals surface area contributed by atoms with Gasteiger partial charge in [-0.15, -0.1) is 0 Å². The average Bonchev–Trinajstić information content (AvgIpc) is 3.06. The topological polar surface area (TPSA) is 64.3 Å². The molecule has 3 aromatic carbocycles. The molecule has 0 bridgehead atoms. The van der Waals surface area contributed by atoms with Gasteiger partial charge in [0.1, 0.15) is 23.1 Å². The Morgan fingerprint density at radius 1 is 1.09 bits per heavy atom. The molecular weight excluding hydrogens is 517 g/mol. The fourth-order valence-corrected chi connectivity index (χ4v) is 5.70. The van der Waals surface area contributed by atoms with E-state index in [1.54, 1.807) is 36.1 Å². The molecule has 0 saturated carbocycles. The van der Waals surface area contributed by atoms with Crippen molar-refractivity contribution in [2.75, 3.05) is 0 Å². The van der Waals surface area contributed by atoms with Gasteiger partial charge in [-0.25, -0.2) is 8.78 Å². The maximum absolute atomic E-state index is 15.4. The predicted molar refractivity (Wildman–Crippen MR) is 131 cm³/mol. The summed E-state index contributed by atoms with van der Waals surface area (Å²) in [5.41, 5.74) is -1.35. The van der Waals surface area contributed by atoms with Crippen LogP contribution in [0.5, 0.6) is 0 Å². The number of hydrogen-bond donors (Lipinski definition) is 1. The molecule has 0 amide bonds. The van der Waals surface area contributed by atoms with Crippen molar-refractivity contribution in [1.82, 2.24) is 4.90 Å². The van der Waals surface area contributed by atoms with E-state index in [0.717, 1.165) is 6.07 Å². The number of aliphatic carboxylic acids is 1. The maximum atomic E-state index is 15.4. The van der Waals surface area contributed by atoms with Crippen LogP contribution in [0.3, 0.4) is 0 Å². The quantitative estimate of drug-likeness (QED) is 0.389. The number of carbonyl (C=O) groups is 1. The zero-order valence-corrected chi connectivity index (χ0v) is 20.6. The Labute approximate surface area is 216 Å². The first-order chi connectivity index (χ1) is 16.6. The third-order valence-corrected chi connectivity index (χ3v) is 7.66. The van der Waals surface area contributed by atoms with Gasteiger partial charge >= 0.3 is 5.97 Å². The smallest absolute Gasteiger partial charge is 0.321 e. The first-order valence-electron chi connectivity index (χ1n) is 10.7. The molecule has 3 aromatic rings. The average molecular weight is 536 g/mol. The van der Waals surface area contributed by atoms with E-state index in [4.69, 9.17) is 34.8 Å². The molecule has 35 heavy (non-hydrogen) atoms. The lowest BCUT2D eigenvalue weighted by Gasteiger charge is -2.34. The zero-order chi connectivity index (χ0) is 25.5. The van der Waals surface area contributed by atoms with Gasteiger partial charge in [0.25, 0.3) is 0 Å². The van der Waals surface area contributed by atoms with Gasteiger partial charge in [-0.1, -0.05) is 71.2 Å². The fraction of sp³-hybridized carbons (Fsp3) is 0.231. The summed E-state index contributed by atoms with van der Waals surface area (Å²) in [6.07, 6.45) is 0. The van der Waals surface area contributed by atoms with Crippen LogP contribution in [-0.4, -0.2) is 28.1 Å². The summed E-state index contributed by atoms with van der Waals surface area (Å²) >= 11 is 18.4. The van der Waals surface area contributed by atoms with Gasteiger partial charge in [0.15, 0.2) is 0 Å². The van der Waals surface area contributed by atoms with Crippen LogP contribution < -0.4 is 0 Å². The number of hydrogen-bond acceptors (Lipinski definition) is 3. The number of carboxylic acids is 1. The van der Waals surface area contributed by atoms with Crippen LogP contribution in [0.2, 0.25) is 15.1 Å². The van der Waals surface area contributed by atoms with Gasteiger partial charge < -0.3 is 5.11 Å². The van der Waals surface area contributed by atoms with E-state index in [-0.39, 0.29) is 27.7 Å². The number of rotatable bonds is 5. The van der Waals surface area contributed by atoms with E-state index in [2.05, 4.69) is 6.07 Å². The van der Waals surface area contributed by atoms with Gasteiger partial charge in [0.2, 0.25) is 0 Å². The Morgan fingerprint density at radius 2 is 1.77 bits per heavy atom. The highest BCUT2D eigenvalue weighted by atomic mass is 35.5. The molecule has 1 heterocycles. The first-order valence-corrected chi connectivity index (χ1v) is 11.8. The van der Waals surface area contributed by atoms with Gasteiger partial charge in [0.05, 0.1) is 11.1 Å². The molecule has 1 saturated heterocycles. The highest BCUT2D eigenvalue weighted by molar-refractivity contribution is 6.31. The van der Waals surface area contributed by atoms with Crippen molar-refractivity contribution >= 4 is 40.8 Å². The van der Waals surface area contributed by atoms with Gasteiger partial charge in [-0.05, 0) is 42.3 Å². The molecule has 1 fully saturated rings. The van der Waals surface area contributed by atoms with Crippen LogP contribution in [0.4, 0.5) is 8.78 Å². The van der Waals surface area contributed by atoms with Crippen LogP contribution >= 0.6 is 34.8 Å². The SMILES string of the molecule is CC1N(Cc2ccccc2Cl)[C@@H](C(=O)O)[C@H](c2cccc(Cl)c2F)[C@@]1(C#N)c1ccc(Cl)cc1F. The molecule has 180 valence electrons. The third kappa shape index (κ3) is 4.17. The summed E-state index contributed by atoms with van der Waals surface area (Å²) in [6, 6.07) is 14.8. The maximum Gasteiger partial charge on any atom is 0.321 e. The van der Waals surface area contributed by atoms with Crippen molar-refractivity contribution in [2.24, 2.45) is 0 Å². The van der Waals surface area contributed by atoms with E-state index in [0.29, 0.717) is 10.6 Å². The lowest BCUT2D eigenvalue weighted by molar-refractivity contribution is -0.143. The third-order valence-electron chi connectivity index (χ3n) is 6.76. The zero-order valence-electron chi connectivity index (χ0n) is 18.4. The molecule has 4 nitrogen and oxygen atoms in total. The molecule has 1 N–H and O–H groups in total. The molecule has 0 radical (unpaired) electrons. The number of nitrogens with zero attached hydrogens (tertiary/aromatic N) is 2. The minimum Gasteiger partial charge on any atom is -0.480 e. The molecule has 0 spiro atoms.